The van der Waals surface area contributed by atoms with Crippen molar-refractivity contribution in [1.82, 2.24) is 0 Å². The summed E-state index contributed by atoms with van der Waals surface area (Å²) in [7, 11) is 0. The number of halogens is 1. The van der Waals surface area contributed by atoms with E-state index in [1.807, 2.05) is 6.07 Å². The molecule has 1 N–H and O–H groups in total. The van der Waals surface area contributed by atoms with Gasteiger partial charge in [0.1, 0.15) is 17.4 Å². The van der Waals surface area contributed by atoms with Crippen LogP contribution in [0.4, 0.5) is 11.4 Å². The summed E-state index contributed by atoms with van der Waals surface area (Å²) in [4.78, 5) is 34.7. The van der Waals surface area contributed by atoms with E-state index in [1.165, 1.54) is 48.5 Å². The molecule has 3 aromatic carbocycles. The maximum atomic E-state index is 12.3. The number of amides is 1. The monoisotopic (exact) mass is 447 g/mol. The highest BCUT2D eigenvalue weighted by Crippen LogP contribution is 2.19. The standard InChI is InChI=1S/C23H14ClN3O5/c24-18-3-1-2-16(13-18)23(29)32-21-10-4-15(5-11-21)12-17(14-25)22(28)26-19-6-8-20(9-7-19)27(30)31/h1-13H,(H,26,28)/b17-12+. The van der Waals surface area contributed by atoms with Gasteiger partial charge in [0.2, 0.25) is 0 Å². The zero-order valence-corrected chi connectivity index (χ0v) is 17.1. The van der Waals surface area contributed by atoms with Crippen LogP contribution >= 0.6 is 11.6 Å². The molecule has 0 heterocycles. The Morgan fingerprint density at radius 2 is 1.75 bits per heavy atom. The molecule has 0 aliphatic rings. The summed E-state index contributed by atoms with van der Waals surface area (Å²) < 4.78 is 5.28. The van der Waals surface area contributed by atoms with Crippen molar-refractivity contribution in [1.29, 1.82) is 5.26 Å². The van der Waals surface area contributed by atoms with Gasteiger partial charge in [-0.1, -0.05) is 29.8 Å². The normalized spacial score (nSPS) is 10.7. The van der Waals surface area contributed by atoms with Gasteiger partial charge >= 0.3 is 5.97 Å². The van der Waals surface area contributed by atoms with Crippen LogP contribution in [-0.4, -0.2) is 16.8 Å². The summed E-state index contributed by atoms with van der Waals surface area (Å²) in [5.41, 5.74) is 0.853. The number of rotatable bonds is 6. The van der Waals surface area contributed by atoms with Crippen molar-refractivity contribution in [2.75, 3.05) is 5.32 Å². The SMILES string of the molecule is N#C/C(=C\c1ccc(OC(=O)c2cccc(Cl)c2)cc1)C(=O)Nc1ccc([N+](=O)[O-])cc1. The van der Waals surface area contributed by atoms with Gasteiger partial charge in [0, 0.05) is 22.8 Å². The average Bonchev–Trinajstić information content (AvgIpc) is 2.78. The molecule has 0 bridgehead atoms. The van der Waals surface area contributed by atoms with Crippen molar-refractivity contribution < 1.29 is 19.2 Å². The maximum Gasteiger partial charge on any atom is 0.343 e. The highest BCUT2D eigenvalue weighted by atomic mass is 35.5. The molecule has 1 amide bonds. The van der Waals surface area contributed by atoms with Gasteiger partial charge in [0.15, 0.2) is 0 Å². The number of nitro benzene ring substituents is 1. The second-order valence-electron chi connectivity index (χ2n) is 6.40. The Labute approximate surface area is 187 Å². The van der Waals surface area contributed by atoms with E-state index in [0.717, 1.165) is 0 Å². The fourth-order valence-corrected chi connectivity index (χ4v) is 2.78. The lowest BCUT2D eigenvalue weighted by Gasteiger charge is -2.06. The fraction of sp³-hybridized carbons (Fsp3) is 0. The fourth-order valence-electron chi connectivity index (χ4n) is 2.59. The van der Waals surface area contributed by atoms with Crippen molar-refractivity contribution in [2.45, 2.75) is 0 Å². The Balaban J connectivity index is 1.67. The number of carbonyl (C=O) groups is 2. The van der Waals surface area contributed by atoms with E-state index in [-0.39, 0.29) is 17.0 Å². The van der Waals surface area contributed by atoms with E-state index in [2.05, 4.69) is 5.32 Å². The van der Waals surface area contributed by atoms with Crippen molar-refractivity contribution in [3.8, 4) is 11.8 Å². The largest absolute Gasteiger partial charge is 0.423 e. The van der Waals surface area contributed by atoms with E-state index in [1.54, 1.807) is 30.3 Å². The molecule has 8 nitrogen and oxygen atoms in total. The number of nitro groups is 1. The summed E-state index contributed by atoms with van der Waals surface area (Å²) in [5.74, 6) is -0.963. The smallest absolute Gasteiger partial charge is 0.343 e. The van der Waals surface area contributed by atoms with Gasteiger partial charge in [-0.25, -0.2) is 4.79 Å². The lowest BCUT2D eigenvalue weighted by Crippen LogP contribution is -2.13. The Kier molecular flexibility index (Phi) is 6.95. The molecule has 158 valence electrons. The molecular formula is C23H14ClN3O5. The van der Waals surface area contributed by atoms with Gasteiger partial charge in [-0.05, 0) is 54.1 Å². The van der Waals surface area contributed by atoms with Crippen molar-refractivity contribution in [3.63, 3.8) is 0 Å². The molecule has 3 aromatic rings. The summed E-state index contributed by atoms with van der Waals surface area (Å²) in [6.07, 6.45) is 1.36. The van der Waals surface area contributed by atoms with E-state index < -0.39 is 16.8 Å². The van der Waals surface area contributed by atoms with E-state index in [4.69, 9.17) is 16.3 Å². The van der Waals surface area contributed by atoms with Gasteiger partial charge in [-0.3, -0.25) is 14.9 Å². The minimum Gasteiger partial charge on any atom is -0.423 e. The van der Waals surface area contributed by atoms with Crippen LogP contribution in [0.15, 0.2) is 78.4 Å². The molecule has 3 rings (SSSR count). The van der Waals surface area contributed by atoms with Crippen LogP contribution in [0.3, 0.4) is 0 Å². The molecule has 32 heavy (non-hydrogen) atoms. The van der Waals surface area contributed by atoms with Crippen molar-refractivity contribution in [3.05, 3.63) is 105 Å². The van der Waals surface area contributed by atoms with E-state index in [0.29, 0.717) is 21.8 Å². The maximum absolute atomic E-state index is 12.3. The van der Waals surface area contributed by atoms with Crippen molar-refractivity contribution >= 4 is 40.9 Å². The average molecular weight is 448 g/mol. The molecule has 0 aliphatic carbocycles. The number of ether oxygens (including phenoxy) is 1. The topological polar surface area (TPSA) is 122 Å². The second-order valence-corrected chi connectivity index (χ2v) is 6.83. The number of anilines is 1. The van der Waals surface area contributed by atoms with Gasteiger partial charge in [-0.2, -0.15) is 5.26 Å². The van der Waals surface area contributed by atoms with E-state index >= 15 is 0 Å². The van der Waals surface area contributed by atoms with Gasteiger partial charge in [-0.15, -0.1) is 0 Å². The Morgan fingerprint density at radius 3 is 2.34 bits per heavy atom. The first kappa shape index (κ1) is 22.2. The molecule has 0 unspecified atom stereocenters. The minimum absolute atomic E-state index is 0.116. The second kappa shape index (κ2) is 10.0. The summed E-state index contributed by atoms with van der Waals surface area (Å²) in [6.45, 7) is 0. The highest BCUT2D eigenvalue weighted by molar-refractivity contribution is 6.30. The van der Waals surface area contributed by atoms with Crippen LogP contribution in [0.1, 0.15) is 15.9 Å². The van der Waals surface area contributed by atoms with Crippen LogP contribution in [0.5, 0.6) is 5.75 Å². The first-order valence-corrected chi connectivity index (χ1v) is 9.49. The molecule has 0 spiro atoms. The number of hydrogen-bond donors (Lipinski definition) is 1. The predicted octanol–water partition coefficient (Wildman–Crippen LogP) is 5.01. The number of nitriles is 1. The summed E-state index contributed by atoms with van der Waals surface area (Å²) in [5, 5.41) is 22.9. The summed E-state index contributed by atoms with van der Waals surface area (Å²) >= 11 is 5.87. The minimum atomic E-state index is -0.669. The Morgan fingerprint density at radius 1 is 1.06 bits per heavy atom. The molecule has 9 heteroatoms. The molecule has 0 aromatic heterocycles. The first-order valence-electron chi connectivity index (χ1n) is 9.11. The molecule has 0 fully saturated rings. The quantitative estimate of drug-likeness (QED) is 0.141. The zero-order chi connectivity index (χ0) is 23.1. The number of carbonyl (C=O) groups excluding carboxylic acids is 2. The van der Waals surface area contributed by atoms with Gasteiger partial charge in [0.25, 0.3) is 11.6 Å². The van der Waals surface area contributed by atoms with Crippen LogP contribution in [0.25, 0.3) is 6.08 Å². The number of esters is 1. The van der Waals surface area contributed by atoms with Crippen LogP contribution in [-0.2, 0) is 4.79 Å². The van der Waals surface area contributed by atoms with Crippen LogP contribution < -0.4 is 10.1 Å². The predicted molar refractivity (Wildman–Crippen MR) is 118 cm³/mol. The zero-order valence-electron chi connectivity index (χ0n) is 16.3. The molecule has 0 radical (unpaired) electrons. The molecule has 0 saturated carbocycles. The van der Waals surface area contributed by atoms with Crippen molar-refractivity contribution in [2.24, 2.45) is 0 Å². The number of nitrogens with zero attached hydrogens (tertiary/aromatic N) is 2. The molecule has 0 aliphatic heterocycles. The highest BCUT2D eigenvalue weighted by Gasteiger charge is 2.12. The van der Waals surface area contributed by atoms with Crippen LogP contribution in [0.2, 0.25) is 5.02 Å². The summed E-state index contributed by atoms with van der Waals surface area (Å²) in [6, 6.07) is 19.6. The number of nitrogens with one attached hydrogen (secondary N) is 1. The lowest BCUT2D eigenvalue weighted by atomic mass is 10.1. The molecular weight excluding hydrogens is 434 g/mol. The molecule has 0 saturated heterocycles. The number of non-ortho nitro benzene ring substituents is 1. The van der Waals surface area contributed by atoms with Crippen LogP contribution in [0, 0.1) is 21.4 Å². The molecule has 0 atom stereocenters. The third kappa shape index (κ3) is 5.78. The first-order chi connectivity index (χ1) is 15.4. The Hall–Kier alpha value is -4.48. The third-order valence-corrected chi connectivity index (χ3v) is 4.40. The van der Waals surface area contributed by atoms with E-state index in [9.17, 15) is 25.0 Å². The number of hydrogen-bond acceptors (Lipinski definition) is 6. The van der Waals surface area contributed by atoms with Gasteiger partial charge in [0.05, 0.1) is 10.5 Å². The third-order valence-electron chi connectivity index (χ3n) is 4.16. The Bertz CT molecular complexity index is 1250. The van der Waals surface area contributed by atoms with Gasteiger partial charge < -0.3 is 10.1 Å². The lowest BCUT2D eigenvalue weighted by molar-refractivity contribution is -0.384. The number of benzene rings is 3.